The van der Waals surface area contributed by atoms with E-state index in [1.54, 1.807) is 19.4 Å². The van der Waals surface area contributed by atoms with E-state index < -0.39 is 0 Å². The van der Waals surface area contributed by atoms with Crippen LogP contribution in [0.4, 0.5) is 0 Å². The van der Waals surface area contributed by atoms with E-state index in [2.05, 4.69) is 19.9 Å². The Morgan fingerprint density at radius 3 is 2.52 bits per heavy atom. The zero-order chi connectivity index (χ0) is 31.8. The number of methoxy groups -OCH3 is 1. The molecule has 0 spiro atoms. The monoisotopic (exact) mass is 611 g/mol. The zero-order valence-electron chi connectivity index (χ0n) is 26.1. The summed E-state index contributed by atoms with van der Waals surface area (Å²) in [5.41, 5.74) is 4.78. The normalized spacial score (nSPS) is 12.5. The highest BCUT2D eigenvalue weighted by Gasteiger charge is 2.19. The Bertz CT molecular complexity index is 2200. The van der Waals surface area contributed by atoms with E-state index in [1.165, 1.54) is 4.68 Å². The molecule has 8 heteroatoms. The van der Waals surface area contributed by atoms with Gasteiger partial charge in [0, 0.05) is 11.1 Å². The highest BCUT2D eigenvalue weighted by Crippen LogP contribution is 2.35. The molecule has 230 valence electrons. The molecule has 2 heterocycles. The third-order valence-corrected chi connectivity index (χ3v) is 8.26. The van der Waals surface area contributed by atoms with Gasteiger partial charge in [-0.15, -0.1) is 0 Å². The molecule has 1 aromatic heterocycles. The van der Waals surface area contributed by atoms with Crippen molar-refractivity contribution in [1.82, 2.24) is 9.66 Å². The summed E-state index contributed by atoms with van der Waals surface area (Å²) in [5.74, 6) is 3.50. The lowest BCUT2D eigenvalue weighted by atomic mass is 9.96. The third-order valence-electron chi connectivity index (χ3n) is 8.26. The Balaban J connectivity index is 1.37. The van der Waals surface area contributed by atoms with Gasteiger partial charge < -0.3 is 18.9 Å². The maximum Gasteiger partial charge on any atom is 0.282 e. The summed E-state index contributed by atoms with van der Waals surface area (Å²) in [5, 5.41) is 7.29. The first-order valence-corrected chi connectivity index (χ1v) is 15.2. The molecule has 0 bridgehead atoms. The van der Waals surface area contributed by atoms with Crippen LogP contribution in [-0.4, -0.2) is 29.8 Å². The average molecular weight is 612 g/mol. The largest absolute Gasteiger partial charge is 0.496 e. The first-order chi connectivity index (χ1) is 22.4. The lowest BCUT2D eigenvalue weighted by molar-refractivity contribution is 0.174. The Hall–Kier alpha value is -5.63. The topological polar surface area (TPSA) is 84.2 Å². The fraction of sp³-hybridized carbons (Fsp3) is 0.184. The van der Waals surface area contributed by atoms with Crippen LogP contribution in [-0.2, 0) is 6.61 Å². The Morgan fingerprint density at radius 1 is 0.913 bits per heavy atom. The number of rotatable bonds is 8. The van der Waals surface area contributed by atoms with Crippen molar-refractivity contribution in [3.05, 3.63) is 124 Å². The SMILES string of the molecule is COc1cc(C)c(-c2nc3ccccc3c(=O)n2N=Cc2c(OCc3ccc4c(c3)OCO4)ccc3ccccc23)cc1C(C)C. The highest BCUT2D eigenvalue weighted by atomic mass is 16.7. The predicted molar refractivity (Wildman–Crippen MR) is 181 cm³/mol. The van der Waals surface area contributed by atoms with Crippen LogP contribution in [0.5, 0.6) is 23.0 Å². The van der Waals surface area contributed by atoms with Crippen LogP contribution in [0, 0.1) is 6.92 Å². The van der Waals surface area contributed by atoms with E-state index in [0.29, 0.717) is 34.8 Å². The molecule has 0 saturated heterocycles. The number of fused-ring (bicyclic) bond motifs is 3. The minimum absolute atomic E-state index is 0.193. The van der Waals surface area contributed by atoms with Gasteiger partial charge in [0.25, 0.3) is 5.56 Å². The molecule has 0 radical (unpaired) electrons. The summed E-state index contributed by atoms with van der Waals surface area (Å²) < 4.78 is 24.5. The lowest BCUT2D eigenvalue weighted by Gasteiger charge is -2.17. The maximum atomic E-state index is 14.1. The van der Waals surface area contributed by atoms with Crippen LogP contribution in [0.15, 0.2) is 101 Å². The van der Waals surface area contributed by atoms with E-state index in [-0.39, 0.29) is 18.3 Å². The standard InChI is InChI=1S/C38H33N3O5/c1-23(2)29-19-30(24(3)17-35(29)43-4)37-40-32-12-8-7-11-28(32)38(42)41(37)39-20-31-27-10-6-5-9-26(27)14-16-33(31)44-21-25-13-15-34-36(18-25)46-22-45-34/h5-20,23H,21-22H2,1-4H3. The van der Waals surface area contributed by atoms with Crippen LogP contribution in [0.1, 0.15) is 42.0 Å². The Morgan fingerprint density at radius 2 is 1.70 bits per heavy atom. The van der Waals surface area contributed by atoms with Gasteiger partial charge >= 0.3 is 0 Å². The number of ether oxygens (including phenoxy) is 4. The van der Waals surface area contributed by atoms with Gasteiger partial charge in [-0.25, -0.2) is 4.98 Å². The summed E-state index contributed by atoms with van der Waals surface area (Å²) in [7, 11) is 1.67. The molecule has 6 aromatic rings. The van der Waals surface area contributed by atoms with Gasteiger partial charge in [-0.3, -0.25) is 4.79 Å². The van der Waals surface area contributed by atoms with Gasteiger partial charge in [-0.05, 0) is 82.8 Å². The molecule has 8 nitrogen and oxygen atoms in total. The molecule has 0 aliphatic carbocycles. The van der Waals surface area contributed by atoms with Crippen molar-refractivity contribution in [3.8, 4) is 34.4 Å². The van der Waals surface area contributed by atoms with Crippen molar-refractivity contribution in [3.63, 3.8) is 0 Å². The lowest BCUT2D eigenvalue weighted by Crippen LogP contribution is -2.21. The van der Waals surface area contributed by atoms with Crippen molar-refractivity contribution in [1.29, 1.82) is 0 Å². The second-order valence-electron chi connectivity index (χ2n) is 11.6. The molecule has 46 heavy (non-hydrogen) atoms. The molecule has 0 fully saturated rings. The quantitative estimate of drug-likeness (QED) is 0.163. The van der Waals surface area contributed by atoms with Gasteiger partial charge in [0.15, 0.2) is 17.3 Å². The number of hydrogen-bond donors (Lipinski definition) is 0. The number of aryl methyl sites for hydroxylation is 1. The van der Waals surface area contributed by atoms with Gasteiger partial charge in [0.05, 0.1) is 24.2 Å². The summed E-state index contributed by atoms with van der Waals surface area (Å²) >= 11 is 0. The summed E-state index contributed by atoms with van der Waals surface area (Å²) in [6.07, 6.45) is 1.70. The number of para-hydroxylation sites is 1. The fourth-order valence-electron chi connectivity index (χ4n) is 5.81. The smallest absolute Gasteiger partial charge is 0.282 e. The van der Waals surface area contributed by atoms with Crippen molar-refractivity contribution in [2.45, 2.75) is 33.3 Å². The van der Waals surface area contributed by atoms with E-state index in [9.17, 15) is 4.79 Å². The average Bonchev–Trinajstić information content (AvgIpc) is 3.55. The minimum Gasteiger partial charge on any atom is -0.496 e. The first kappa shape index (κ1) is 29.1. The van der Waals surface area contributed by atoms with E-state index >= 15 is 0 Å². The van der Waals surface area contributed by atoms with Crippen LogP contribution in [0.3, 0.4) is 0 Å². The summed E-state index contributed by atoms with van der Waals surface area (Å²) in [6.45, 7) is 6.74. The van der Waals surface area contributed by atoms with Crippen molar-refractivity contribution in [2.75, 3.05) is 13.9 Å². The molecule has 0 amide bonds. The van der Waals surface area contributed by atoms with E-state index in [4.69, 9.17) is 29.0 Å². The summed E-state index contributed by atoms with van der Waals surface area (Å²) in [4.78, 5) is 19.1. The second-order valence-corrected chi connectivity index (χ2v) is 11.6. The first-order valence-electron chi connectivity index (χ1n) is 15.2. The Kier molecular flexibility index (Phi) is 7.62. The van der Waals surface area contributed by atoms with Crippen LogP contribution < -0.4 is 24.5 Å². The molecule has 0 N–H and O–H groups in total. The van der Waals surface area contributed by atoms with Gasteiger partial charge in [-0.2, -0.15) is 9.78 Å². The van der Waals surface area contributed by atoms with Crippen LogP contribution >= 0.6 is 0 Å². The maximum absolute atomic E-state index is 14.1. The van der Waals surface area contributed by atoms with Crippen molar-refractivity contribution in [2.24, 2.45) is 5.10 Å². The van der Waals surface area contributed by atoms with Gasteiger partial charge in [-0.1, -0.05) is 62.4 Å². The zero-order valence-corrected chi connectivity index (χ0v) is 26.1. The van der Waals surface area contributed by atoms with E-state index in [1.807, 2.05) is 85.8 Å². The molecule has 0 saturated carbocycles. The summed E-state index contributed by atoms with van der Waals surface area (Å²) in [6, 6.07) is 29.1. The number of benzene rings is 5. The van der Waals surface area contributed by atoms with E-state index in [0.717, 1.165) is 50.1 Å². The molecule has 0 unspecified atom stereocenters. The van der Waals surface area contributed by atoms with Crippen molar-refractivity contribution >= 4 is 27.9 Å². The molecule has 7 rings (SSSR count). The molecular weight excluding hydrogens is 578 g/mol. The molecule has 1 aliphatic rings. The minimum atomic E-state index is -0.263. The van der Waals surface area contributed by atoms with Crippen LogP contribution in [0.2, 0.25) is 0 Å². The Labute approximate surface area is 266 Å². The number of nitrogens with zero attached hydrogens (tertiary/aromatic N) is 3. The molecule has 5 aromatic carbocycles. The van der Waals surface area contributed by atoms with Gasteiger partial charge in [0.1, 0.15) is 18.1 Å². The van der Waals surface area contributed by atoms with Gasteiger partial charge in [0.2, 0.25) is 6.79 Å². The number of hydrogen-bond acceptors (Lipinski definition) is 7. The molecular formula is C38H33N3O5. The number of aromatic nitrogens is 2. The molecule has 0 atom stereocenters. The highest BCUT2D eigenvalue weighted by molar-refractivity contribution is 6.02. The molecule has 1 aliphatic heterocycles. The third kappa shape index (κ3) is 5.32. The van der Waals surface area contributed by atoms with Crippen molar-refractivity contribution < 1.29 is 18.9 Å². The predicted octanol–water partition coefficient (Wildman–Crippen LogP) is 7.85. The second kappa shape index (κ2) is 12.0. The fourth-order valence-corrected chi connectivity index (χ4v) is 5.81. The van der Waals surface area contributed by atoms with Crippen LogP contribution in [0.25, 0.3) is 33.1 Å².